The lowest BCUT2D eigenvalue weighted by Gasteiger charge is -2.28. The molecule has 1 saturated heterocycles. The molecule has 35 heavy (non-hydrogen) atoms. The Hall–Kier alpha value is -3.26. The number of para-hydroxylation sites is 2. The van der Waals surface area contributed by atoms with Gasteiger partial charge in [0.15, 0.2) is 5.13 Å². The number of aromatic nitrogens is 1. The maximum absolute atomic E-state index is 14.0. The molecule has 0 saturated carbocycles. The van der Waals surface area contributed by atoms with Crippen molar-refractivity contribution in [2.75, 3.05) is 44.3 Å². The number of hydrogen-bond donors (Lipinski definition) is 0. The number of carbonyl (C=O) groups excluding carboxylic acids is 1. The molecule has 5 rings (SSSR count). The lowest BCUT2D eigenvalue weighted by atomic mass is 10.1. The molecule has 0 bridgehead atoms. The summed E-state index contributed by atoms with van der Waals surface area (Å²) in [5, 5.41) is 0.715. The molecule has 0 atom stereocenters. The number of morpholine rings is 1. The monoisotopic (exact) mass is 487 g/mol. The van der Waals surface area contributed by atoms with Crippen LogP contribution in [0.3, 0.4) is 0 Å². The van der Waals surface area contributed by atoms with E-state index in [0.717, 1.165) is 49.5 Å². The van der Waals surface area contributed by atoms with E-state index in [4.69, 9.17) is 14.5 Å². The van der Waals surface area contributed by atoms with Crippen molar-refractivity contribution in [3.8, 4) is 11.5 Å². The third-order valence-electron chi connectivity index (χ3n) is 6.06. The Bertz CT molecular complexity index is 1290. The summed E-state index contributed by atoms with van der Waals surface area (Å²) in [7, 11) is 0. The number of thiazole rings is 1. The molecule has 1 fully saturated rings. The lowest BCUT2D eigenvalue weighted by Crippen LogP contribution is -2.39. The van der Waals surface area contributed by atoms with E-state index < -0.39 is 0 Å². The van der Waals surface area contributed by atoms with Gasteiger partial charge < -0.3 is 9.47 Å². The highest BCUT2D eigenvalue weighted by Crippen LogP contribution is 2.33. The molecular formula is C28H29N3O3S. The minimum absolute atomic E-state index is 0.103. The number of hydrogen-bond acceptors (Lipinski definition) is 6. The van der Waals surface area contributed by atoms with Crippen LogP contribution in [0.1, 0.15) is 22.3 Å². The molecule has 6 nitrogen and oxygen atoms in total. The number of carbonyl (C=O) groups is 1. The second-order valence-electron chi connectivity index (χ2n) is 8.64. The van der Waals surface area contributed by atoms with Gasteiger partial charge in [0, 0.05) is 26.2 Å². The SMILES string of the molecule is Cc1ccc2nc(N(CCCN3CCOCC3)C(=O)c3ccccc3Oc3ccccc3)sc2c1. The van der Waals surface area contributed by atoms with E-state index in [-0.39, 0.29) is 5.91 Å². The maximum atomic E-state index is 14.0. The predicted octanol–water partition coefficient (Wildman–Crippen LogP) is 5.77. The van der Waals surface area contributed by atoms with Crippen molar-refractivity contribution in [2.24, 2.45) is 0 Å². The summed E-state index contributed by atoms with van der Waals surface area (Å²) in [4.78, 5) is 23.0. The first-order valence-electron chi connectivity index (χ1n) is 12.0. The zero-order chi connectivity index (χ0) is 24.0. The van der Waals surface area contributed by atoms with Gasteiger partial charge in [-0.25, -0.2) is 4.98 Å². The van der Waals surface area contributed by atoms with Crippen LogP contribution >= 0.6 is 11.3 Å². The van der Waals surface area contributed by atoms with Crippen molar-refractivity contribution in [1.82, 2.24) is 9.88 Å². The van der Waals surface area contributed by atoms with Crippen LogP contribution in [-0.4, -0.2) is 55.2 Å². The topological polar surface area (TPSA) is 54.9 Å². The molecule has 1 aliphatic rings. The van der Waals surface area contributed by atoms with Gasteiger partial charge in [0.1, 0.15) is 11.5 Å². The van der Waals surface area contributed by atoms with Gasteiger partial charge in [-0.2, -0.15) is 0 Å². The molecule has 1 aromatic heterocycles. The molecule has 0 radical (unpaired) electrons. The van der Waals surface area contributed by atoms with Crippen LogP contribution in [0.2, 0.25) is 0 Å². The van der Waals surface area contributed by atoms with Gasteiger partial charge in [-0.3, -0.25) is 14.6 Å². The average Bonchev–Trinajstić information content (AvgIpc) is 3.30. The Morgan fingerprint density at radius 3 is 2.66 bits per heavy atom. The second kappa shape index (κ2) is 11.0. The standard InChI is InChI=1S/C28H29N3O3S/c1-21-12-13-24-26(20-21)35-28(29-24)31(15-7-14-30-16-18-33-19-17-30)27(32)23-10-5-6-11-25(23)34-22-8-3-2-4-9-22/h2-6,8-13,20H,7,14-19H2,1H3. The van der Waals surface area contributed by atoms with Crippen LogP contribution < -0.4 is 9.64 Å². The third-order valence-corrected chi connectivity index (χ3v) is 7.10. The Balaban J connectivity index is 1.43. The highest BCUT2D eigenvalue weighted by Gasteiger charge is 2.24. The van der Waals surface area contributed by atoms with E-state index in [1.54, 1.807) is 11.3 Å². The number of anilines is 1. The summed E-state index contributed by atoms with van der Waals surface area (Å²) in [6.07, 6.45) is 0.850. The number of aryl methyl sites for hydroxylation is 1. The molecule has 4 aromatic rings. The normalized spacial score (nSPS) is 14.2. The first-order valence-corrected chi connectivity index (χ1v) is 12.8. The van der Waals surface area contributed by atoms with E-state index in [1.807, 2.05) is 65.6 Å². The fourth-order valence-corrected chi connectivity index (χ4v) is 5.28. The van der Waals surface area contributed by atoms with Gasteiger partial charge in [0.2, 0.25) is 0 Å². The molecule has 7 heteroatoms. The summed E-state index contributed by atoms with van der Waals surface area (Å²) >= 11 is 1.56. The number of benzene rings is 3. The van der Waals surface area contributed by atoms with E-state index in [9.17, 15) is 4.79 Å². The Morgan fingerprint density at radius 2 is 1.83 bits per heavy atom. The average molecular weight is 488 g/mol. The zero-order valence-corrected chi connectivity index (χ0v) is 20.7. The molecular weight excluding hydrogens is 458 g/mol. The van der Waals surface area contributed by atoms with E-state index in [0.29, 0.717) is 28.7 Å². The molecule has 0 aliphatic carbocycles. The zero-order valence-electron chi connectivity index (χ0n) is 19.9. The number of rotatable bonds is 8. The Labute approximate surface area is 209 Å². The van der Waals surface area contributed by atoms with E-state index >= 15 is 0 Å². The minimum Gasteiger partial charge on any atom is -0.457 e. The molecule has 1 amide bonds. The van der Waals surface area contributed by atoms with Gasteiger partial charge in [-0.1, -0.05) is 47.7 Å². The largest absolute Gasteiger partial charge is 0.457 e. The molecule has 0 N–H and O–H groups in total. The summed E-state index contributed by atoms with van der Waals surface area (Å²) < 4.78 is 12.7. The van der Waals surface area contributed by atoms with Gasteiger partial charge in [0.25, 0.3) is 5.91 Å². The number of ether oxygens (including phenoxy) is 2. The predicted molar refractivity (Wildman–Crippen MR) is 141 cm³/mol. The van der Waals surface area contributed by atoms with Crippen LogP contribution in [-0.2, 0) is 4.74 Å². The third kappa shape index (κ3) is 5.70. The summed E-state index contributed by atoms with van der Waals surface area (Å²) in [5.41, 5.74) is 2.62. The van der Waals surface area contributed by atoms with Gasteiger partial charge >= 0.3 is 0 Å². The lowest BCUT2D eigenvalue weighted by molar-refractivity contribution is 0.0376. The van der Waals surface area contributed by atoms with Crippen LogP contribution in [0.25, 0.3) is 10.2 Å². The number of amides is 1. The number of nitrogens with zero attached hydrogens (tertiary/aromatic N) is 3. The molecule has 1 aliphatic heterocycles. The van der Waals surface area contributed by atoms with Crippen LogP contribution in [0.4, 0.5) is 5.13 Å². The molecule has 0 unspecified atom stereocenters. The fourth-order valence-electron chi connectivity index (χ4n) is 4.19. The van der Waals surface area contributed by atoms with Crippen LogP contribution in [0.5, 0.6) is 11.5 Å². The Morgan fingerprint density at radius 1 is 1.06 bits per heavy atom. The fraction of sp³-hybridized carbons (Fsp3) is 0.286. The van der Waals surface area contributed by atoms with Gasteiger partial charge in [0.05, 0.1) is 29.0 Å². The highest BCUT2D eigenvalue weighted by atomic mass is 32.1. The highest BCUT2D eigenvalue weighted by molar-refractivity contribution is 7.22. The van der Waals surface area contributed by atoms with E-state index in [1.165, 1.54) is 5.56 Å². The van der Waals surface area contributed by atoms with Gasteiger partial charge in [-0.15, -0.1) is 0 Å². The van der Waals surface area contributed by atoms with Crippen molar-refractivity contribution in [1.29, 1.82) is 0 Å². The molecule has 2 heterocycles. The first kappa shape index (κ1) is 23.5. The Kier molecular flexibility index (Phi) is 7.37. The maximum Gasteiger partial charge on any atom is 0.263 e. The summed E-state index contributed by atoms with van der Waals surface area (Å²) in [6, 6.07) is 23.2. The quantitative estimate of drug-likeness (QED) is 0.316. The summed E-state index contributed by atoms with van der Waals surface area (Å²) in [6.45, 7) is 6.97. The van der Waals surface area contributed by atoms with Crippen LogP contribution in [0.15, 0.2) is 72.8 Å². The van der Waals surface area contributed by atoms with Gasteiger partial charge in [-0.05, 0) is 55.3 Å². The van der Waals surface area contributed by atoms with Crippen molar-refractivity contribution < 1.29 is 14.3 Å². The first-order chi connectivity index (χ1) is 17.2. The minimum atomic E-state index is -0.103. The van der Waals surface area contributed by atoms with Crippen molar-refractivity contribution in [3.63, 3.8) is 0 Å². The summed E-state index contributed by atoms with van der Waals surface area (Å²) in [5.74, 6) is 1.13. The van der Waals surface area contributed by atoms with Crippen molar-refractivity contribution >= 4 is 32.6 Å². The van der Waals surface area contributed by atoms with Crippen LogP contribution in [0, 0.1) is 6.92 Å². The van der Waals surface area contributed by atoms with Crippen molar-refractivity contribution in [2.45, 2.75) is 13.3 Å². The smallest absolute Gasteiger partial charge is 0.263 e. The molecule has 3 aromatic carbocycles. The van der Waals surface area contributed by atoms with E-state index in [2.05, 4.69) is 24.0 Å². The molecule has 180 valence electrons. The van der Waals surface area contributed by atoms with Crippen molar-refractivity contribution in [3.05, 3.63) is 83.9 Å². The number of fused-ring (bicyclic) bond motifs is 1. The molecule has 0 spiro atoms. The second-order valence-corrected chi connectivity index (χ2v) is 9.65.